The van der Waals surface area contributed by atoms with Gasteiger partial charge in [0, 0.05) is 49.1 Å². The van der Waals surface area contributed by atoms with E-state index < -0.39 is 6.04 Å². The van der Waals surface area contributed by atoms with Crippen molar-refractivity contribution < 1.29 is 14.3 Å². The van der Waals surface area contributed by atoms with Gasteiger partial charge in [0.25, 0.3) is 5.91 Å². The lowest BCUT2D eigenvalue weighted by atomic mass is 10.1. The van der Waals surface area contributed by atoms with E-state index in [4.69, 9.17) is 28.6 Å². The number of benzene rings is 3. The Morgan fingerprint density at radius 2 is 1.63 bits per heavy atom. The molecule has 2 saturated heterocycles. The fourth-order valence-electron chi connectivity index (χ4n) is 5.49. The SMILES string of the molecule is CCCOc1ccc(NC(=O)CC2C(=O)N(c3ccc(Cl)cc3)C(=S)N2CCCN2CCN(c3ccccc3)CC2)cc1. The fourth-order valence-corrected chi connectivity index (χ4v) is 6.03. The van der Waals surface area contributed by atoms with Gasteiger partial charge >= 0.3 is 0 Å². The third-order valence-corrected chi connectivity index (χ3v) is 8.43. The van der Waals surface area contributed by atoms with E-state index in [-0.39, 0.29) is 18.2 Å². The Bertz CT molecular complexity index is 1380. The number of thiocarbonyl (C=S) groups is 1. The maximum atomic E-state index is 13.7. The van der Waals surface area contributed by atoms with Crippen molar-refractivity contribution in [3.63, 3.8) is 0 Å². The number of hydrogen-bond acceptors (Lipinski definition) is 6. The summed E-state index contributed by atoms with van der Waals surface area (Å²) in [7, 11) is 0. The van der Waals surface area contributed by atoms with Crippen LogP contribution in [0.15, 0.2) is 78.9 Å². The second kappa shape index (κ2) is 14.7. The van der Waals surface area contributed by atoms with Crippen LogP contribution in [0.2, 0.25) is 5.02 Å². The summed E-state index contributed by atoms with van der Waals surface area (Å²) in [5.74, 6) is 0.299. The minimum absolute atomic E-state index is 0.00704. The minimum Gasteiger partial charge on any atom is -0.494 e. The van der Waals surface area contributed by atoms with Crippen LogP contribution >= 0.6 is 23.8 Å². The predicted molar refractivity (Wildman–Crippen MR) is 177 cm³/mol. The molecule has 3 aromatic carbocycles. The van der Waals surface area contributed by atoms with E-state index in [0.717, 1.165) is 51.3 Å². The highest BCUT2D eigenvalue weighted by atomic mass is 35.5. The van der Waals surface area contributed by atoms with Gasteiger partial charge in [-0.2, -0.15) is 0 Å². The Morgan fingerprint density at radius 1 is 0.930 bits per heavy atom. The van der Waals surface area contributed by atoms with Crippen LogP contribution in [0.5, 0.6) is 5.75 Å². The molecule has 10 heteroatoms. The summed E-state index contributed by atoms with van der Waals surface area (Å²) in [5.41, 5.74) is 2.55. The first kappa shape index (κ1) is 30.8. The third-order valence-electron chi connectivity index (χ3n) is 7.76. The molecule has 226 valence electrons. The van der Waals surface area contributed by atoms with E-state index in [1.54, 1.807) is 36.4 Å². The van der Waals surface area contributed by atoms with Gasteiger partial charge in [-0.05, 0) is 92.3 Å². The molecule has 2 heterocycles. The zero-order valence-electron chi connectivity index (χ0n) is 24.5. The molecule has 2 aliphatic heterocycles. The maximum Gasteiger partial charge on any atom is 0.256 e. The van der Waals surface area contributed by atoms with Crippen molar-refractivity contribution in [2.75, 3.05) is 61.0 Å². The molecule has 0 radical (unpaired) electrons. The molecule has 8 nitrogen and oxygen atoms in total. The molecule has 2 fully saturated rings. The number of halogens is 1. The van der Waals surface area contributed by atoms with Crippen LogP contribution in [-0.4, -0.2) is 78.6 Å². The van der Waals surface area contributed by atoms with E-state index in [0.29, 0.717) is 34.7 Å². The van der Waals surface area contributed by atoms with Crippen molar-refractivity contribution in [3.8, 4) is 5.75 Å². The van der Waals surface area contributed by atoms with Gasteiger partial charge in [-0.1, -0.05) is 36.7 Å². The van der Waals surface area contributed by atoms with Gasteiger partial charge in [-0.15, -0.1) is 0 Å². The number of nitrogens with one attached hydrogen (secondary N) is 1. The van der Waals surface area contributed by atoms with Gasteiger partial charge in [0.15, 0.2) is 5.11 Å². The number of rotatable bonds is 12. The van der Waals surface area contributed by atoms with Crippen molar-refractivity contribution in [2.45, 2.75) is 32.2 Å². The molecular formula is C33H38ClN5O3S. The van der Waals surface area contributed by atoms with Gasteiger partial charge < -0.3 is 19.9 Å². The molecule has 0 aliphatic carbocycles. The second-order valence-corrected chi connectivity index (χ2v) is 11.6. The quantitative estimate of drug-likeness (QED) is 0.262. The lowest BCUT2D eigenvalue weighted by molar-refractivity contribution is -0.124. The summed E-state index contributed by atoms with van der Waals surface area (Å²) in [5, 5.41) is 3.92. The summed E-state index contributed by atoms with van der Waals surface area (Å²) in [6.07, 6.45) is 1.74. The van der Waals surface area contributed by atoms with E-state index in [2.05, 4.69) is 46.3 Å². The number of anilines is 3. The molecule has 2 amide bonds. The zero-order valence-corrected chi connectivity index (χ0v) is 26.0. The molecule has 3 aromatic rings. The van der Waals surface area contributed by atoms with Gasteiger partial charge in [0.2, 0.25) is 5.91 Å². The average molecular weight is 620 g/mol. The van der Waals surface area contributed by atoms with Crippen LogP contribution in [0.25, 0.3) is 0 Å². The topological polar surface area (TPSA) is 68.4 Å². The second-order valence-electron chi connectivity index (χ2n) is 10.8. The first-order chi connectivity index (χ1) is 20.9. The monoisotopic (exact) mass is 619 g/mol. The largest absolute Gasteiger partial charge is 0.494 e. The standard InChI is InChI=1S/C33H38ClN5O3S/c1-2-23-42-29-15-11-26(12-16-29)35-31(40)24-30-32(41)39(28-13-9-25(34)10-14-28)33(43)38(30)18-6-17-36-19-21-37(22-20-36)27-7-4-3-5-8-27/h3-5,7-16,30H,2,6,17-24H2,1H3,(H,35,40). The summed E-state index contributed by atoms with van der Waals surface area (Å²) >= 11 is 11.9. The Kier molecular flexibility index (Phi) is 10.5. The Labute approximate surface area is 264 Å². The van der Waals surface area contributed by atoms with Crippen LogP contribution < -0.4 is 19.9 Å². The normalized spacial score (nSPS) is 17.4. The average Bonchev–Trinajstić information content (AvgIpc) is 3.25. The molecule has 0 spiro atoms. The Hall–Kier alpha value is -3.66. The van der Waals surface area contributed by atoms with Crippen molar-refractivity contribution in [1.82, 2.24) is 9.80 Å². The summed E-state index contributed by atoms with van der Waals surface area (Å²) in [6.45, 7) is 8.06. The Balaban J connectivity index is 1.21. The molecule has 0 aromatic heterocycles. The molecule has 1 unspecified atom stereocenters. The first-order valence-electron chi connectivity index (χ1n) is 14.9. The third kappa shape index (κ3) is 7.84. The summed E-state index contributed by atoms with van der Waals surface area (Å²) < 4.78 is 5.63. The van der Waals surface area contributed by atoms with Crippen LogP contribution in [0, 0.1) is 0 Å². The number of carbonyl (C=O) groups excluding carboxylic acids is 2. The van der Waals surface area contributed by atoms with Gasteiger partial charge in [0.05, 0.1) is 18.7 Å². The summed E-state index contributed by atoms with van der Waals surface area (Å²) in [4.78, 5) is 35.2. The van der Waals surface area contributed by atoms with Gasteiger partial charge in [-0.3, -0.25) is 19.4 Å². The van der Waals surface area contributed by atoms with Crippen LogP contribution in [0.3, 0.4) is 0 Å². The maximum absolute atomic E-state index is 13.7. The number of ether oxygens (including phenoxy) is 1. The van der Waals surface area contributed by atoms with E-state index in [9.17, 15) is 9.59 Å². The number of hydrogen-bond donors (Lipinski definition) is 1. The van der Waals surface area contributed by atoms with E-state index >= 15 is 0 Å². The number of carbonyl (C=O) groups is 2. The highest BCUT2D eigenvalue weighted by molar-refractivity contribution is 7.80. The Morgan fingerprint density at radius 3 is 2.30 bits per heavy atom. The van der Waals surface area contributed by atoms with E-state index in [1.165, 1.54) is 10.6 Å². The molecular weight excluding hydrogens is 582 g/mol. The van der Waals surface area contributed by atoms with Gasteiger partial charge in [-0.25, -0.2) is 0 Å². The fraction of sp³-hybridized carbons (Fsp3) is 0.364. The number of para-hydroxylation sites is 1. The van der Waals surface area contributed by atoms with Crippen LogP contribution in [-0.2, 0) is 9.59 Å². The molecule has 1 atom stereocenters. The minimum atomic E-state index is -0.690. The molecule has 0 saturated carbocycles. The first-order valence-corrected chi connectivity index (χ1v) is 15.7. The molecule has 5 rings (SSSR count). The summed E-state index contributed by atoms with van der Waals surface area (Å²) in [6, 6.07) is 24.1. The number of amides is 2. The lowest BCUT2D eigenvalue weighted by Crippen LogP contribution is -2.47. The molecule has 0 bridgehead atoms. The highest BCUT2D eigenvalue weighted by Gasteiger charge is 2.44. The van der Waals surface area contributed by atoms with Crippen molar-refractivity contribution in [2.24, 2.45) is 0 Å². The van der Waals surface area contributed by atoms with Crippen LogP contribution in [0.4, 0.5) is 17.1 Å². The smallest absolute Gasteiger partial charge is 0.256 e. The number of nitrogens with zero attached hydrogens (tertiary/aromatic N) is 4. The molecule has 2 aliphatic rings. The lowest BCUT2D eigenvalue weighted by Gasteiger charge is -2.36. The van der Waals surface area contributed by atoms with Gasteiger partial charge in [0.1, 0.15) is 11.8 Å². The van der Waals surface area contributed by atoms with Crippen molar-refractivity contribution in [1.29, 1.82) is 0 Å². The zero-order chi connectivity index (χ0) is 30.2. The van der Waals surface area contributed by atoms with Crippen molar-refractivity contribution in [3.05, 3.63) is 83.9 Å². The van der Waals surface area contributed by atoms with Crippen molar-refractivity contribution >= 4 is 57.8 Å². The van der Waals surface area contributed by atoms with E-state index in [1.807, 2.05) is 23.1 Å². The molecule has 1 N–H and O–H groups in total. The molecule has 43 heavy (non-hydrogen) atoms. The highest BCUT2D eigenvalue weighted by Crippen LogP contribution is 2.29. The van der Waals surface area contributed by atoms with Crippen LogP contribution in [0.1, 0.15) is 26.2 Å². The number of piperazine rings is 1. The predicted octanol–water partition coefficient (Wildman–Crippen LogP) is 5.67.